The van der Waals surface area contributed by atoms with Crippen molar-refractivity contribution in [1.29, 1.82) is 0 Å². The molecular weight excluding hydrogens is 279 g/mol. The summed E-state index contributed by atoms with van der Waals surface area (Å²) >= 11 is 1.02. The van der Waals surface area contributed by atoms with Crippen LogP contribution in [0.5, 0.6) is 0 Å². The molecule has 0 amide bonds. The van der Waals surface area contributed by atoms with Gasteiger partial charge in [-0.2, -0.15) is 13.2 Å². The van der Waals surface area contributed by atoms with E-state index in [0.717, 1.165) is 11.3 Å². The summed E-state index contributed by atoms with van der Waals surface area (Å²) in [4.78, 5) is 0.301. The van der Waals surface area contributed by atoms with Gasteiger partial charge in [-0.25, -0.2) is 13.1 Å². The molecule has 0 aliphatic rings. The Morgan fingerprint density at radius 2 is 2.06 bits per heavy atom. The third-order valence-electron chi connectivity index (χ3n) is 1.80. The maximum atomic E-state index is 11.8. The molecule has 0 spiro atoms. The second-order valence-corrected chi connectivity index (χ2v) is 5.93. The van der Waals surface area contributed by atoms with Crippen molar-refractivity contribution in [3.8, 4) is 0 Å². The van der Waals surface area contributed by atoms with Crippen LogP contribution in [-0.2, 0) is 16.6 Å². The van der Waals surface area contributed by atoms with E-state index in [0.29, 0.717) is 4.88 Å². The van der Waals surface area contributed by atoms with Crippen LogP contribution in [0.2, 0.25) is 0 Å². The van der Waals surface area contributed by atoms with Gasteiger partial charge in [-0.15, -0.1) is 11.3 Å². The summed E-state index contributed by atoms with van der Waals surface area (Å²) in [6.45, 7) is -1.00. The molecule has 0 saturated carbocycles. The van der Waals surface area contributed by atoms with Crippen molar-refractivity contribution in [3.63, 3.8) is 0 Å². The molecule has 0 aliphatic carbocycles. The van der Waals surface area contributed by atoms with Gasteiger partial charge in [0.25, 0.3) is 0 Å². The van der Waals surface area contributed by atoms with Gasteiger partial charge >= 0.3 is 6.18 Å². The molecule has 0 aromatic carbocycles. The fourth-order valence-corrected chi connectivity index (χ4v) is 3.16. The molecule has 1 heterocycles. The van der Waals surface area contributed by atoms with Crippen LogP contribution >= 0.6 is 11.3 Å². The van der Waals surface area contributed by atoms with Crippen molar-refractivity contribution in [2.45, 2.75) is 24.1 Å². The van der Waals surface area contributed by atoms with Crippen molar-refractivity contribution in [2.75, 3.05) is 6.54 Å². The molecule has 1 rings (SSSR count). The lowest BCUT2D eigenvalue weighted by molar-refractivity contribution is -0.132. The van der Waals surface area contributed by atoms with Gasteiger partial charge in [-0.05, 0) is 6.07 Å². The lowest BCUT2D eigenvalue weighted by Gasteiger charge is -2.07. The first-order chi connectivity index (χ1) is 7.74. The molecule has 0 bridgehead atoms. The quantitative estimate of drug-likeness (QED) is 0.862. The SMILES string of the molecule is O=S(=O)(NCCC(F)(F)F)c1csc(CO)c1. The van der Waals surface area contributed by atoms with Crippen LogP contribution in [-0.4, -0.2) is 26.2 Å². The lowest BCUT2D eigenvalue weighted by atomic mass is 10.4. The van der Waals surface area contributed by atoms with Crippen LogP contribution < -0.4 is 4.72 Å². The number of sulfonamides is 1. The minimum atomic E-state index is -4.40. The number of alkyl halides is 3. The van der Waals surface area contributed by atoms with E-state index >= 15 is 0 Å². The van der Waals surface area contributed by atoms with Crippen molar-refractivity contribution in [1.82, 2.24) is 4.72 Å². The van der Waals surface area contributed by atoms with Crippen LogP contribution in [0.4, 0.5) is 13.2 Å². The number of rotatable bonds is 5. The molecular formula is C8H10F3NO3S2. The molecule has 0 atom stereocenters. The standard InChI is InChI=1S/C8H10F3NO3S2/c9-8(10,11)1-2-12-17(14,15)7-3-6(4-13)16-5-7/h3,5,12-13H,1-2,4H2. The third-order valence-corrected chi connectivity index (χ3v) is 4.31. The Bertz CT molecular complexity index is 467. The minimum Gasteiger partial charge on any atom is -0.391 e. The highest BCUT2D eigenvalue weighted by Gasteiger charge is 2.27. The molecule has 1 aromatic heterocycles. The summed E-state index contributed by atoms with van der Waals surface area (Å²) in [7, 11) is -3.92. The first-order valence-electron chi connectivity index (χ1n) is 4.49. The monoisotopic (exact) mass is 289 g/mol. The van der Waals surface area contributed by atoms with Crippen molar-refractivity contribution >= 4 is 21.4 Å². The average molecular weight is 289 g/mol. The zero-order valence-electron chi connectivity index (χ0n) is 8.49. The molecule has 0 unspecified atom stereocenters. The molecule has 9 heteroatoms. The highest BCUT2D eigenvalue weighted by atomic mass is 32.2. The number of aliphatic hydroxyl groups excluding tert-OH is 1. The van der Waals surface area contributed by atoms with E-state index in [1.54, 1.807) is 0 Å². The summed E-state index contributed by atoms with van der Waals surface area (Å²) in [5.41, 5.74) is 0. The van der Waals surface area contributed by atoms with E-state index in [4.69, 9.17) is 5.11 Å². The Morgan fingerprint density at radius 1 is 1.41 bits per heavy atom. The molecule has 17 heavy (non-hydrogen) atoms. The van der Waals surface area contributed by atoms with Crippen LogP contribution in [0, 0.1) is 0 Å². The summed E-state index contributed by atoms with van der Waals surface area (Å²) in [6.07, 6.45) is -5.61. The van der Waals surface area contributed by atoms with Crippen molar-refractivity contribution in [2.24, 2.45) is 0 Å². The van der Waals surface area contributed by atoms with E-state index in [2.05, 4.69) is 0 Å². The minimum absolute atomic E-state index is 0.131. The normalized spacial score (nSPS) is 12.9. The first-order valence-corrected chi connectivity index (χ1v) is 6.85. The van der Waals surface area contributed by atoms with Gasteiger partial charge in [0.2, 0.25) is 10.0 Å². The van der Waals surface area contributed by atoms with Crippen LogP contribution in [0.25, 0.3) is 0 Å². The maximum absolute atomic E-state index is 11.8. The maximum Gasteiger partial charge on any atom is 0.390 e. The molecule has 0 fully saturated rings. The highest BCUT2D eigenvalue weighted by molar-refractivity contribution is 7.89. The van der Waals surface area contributed by atoms with Gasteiger partial charge in [0, 0.05) is 16.8 Å². The van der Waals surface area contributed by atoms with Gasteiger partial charge < -0.3 is 5.11 Å². The lowest BCUT2D eigenvalue weighted by Crippen LogP contribution is -2.27. The Morgan fingerprint density at radius 3 is 2.53 bits per heavy atom. The summed E-state index contributed by atoms with van der Waals surface area (Å²) in [5, 5.41) is 10.0. The van der Waals surface area contributed by atoms with Gasteiger partial charge in [-0.3, -0.25) is 0 Å². The summed E-state index contributed by atoms with van der Waals surface area (Å²) < 4.78 is 60.3. The molecule has 2 N–H and O–H groups in total. The third kappa shape index (κ3) is 4.62. The van der Waals surface area contributed by atoms with Crippen LogP contribution in [0.15, 0.2) is 16.3 Å². The first kappa shape index (κ1) is 14.4. The molecule has 98 valence electrons. The zero-order valence-corrected chi connectivity index (χ0v) is 10.1. The Labute approximate surface area is 100 Å². The summed E-state index contributed by atoms with van der Waals surface area (Å²) in [5.74, 6) is 0. The van der Waals surface area contributed by atoms with E-state index < -0.39 is 29.2 Å². The van der Waals surface area contributed by atoms with Gasteiger partial charge in [-0.1, -0.05) is 0 Å². The number of nitrogens with one attached hydrogen (secondary N) is 1. The fourth-order valence-electron chi connectivity index (χ4n) is 0.995. The largest absolute Gasteiger partial charge is 0.391 e. The van der Waals surface area contributed by atoms with E-state index in [-0.39, 0.29) is 11.5 Å². The Hall–Kier alpha value is -0.640. The van der Waals surface area contributed by atoms with Gasteiger partial charge in [0.05, 0.1) is 17.9 Å². The van der Waals surface area contributed by atoms with Gasteiger partial charge in [0.1, 0.15) is 0 Å². The summed E-state index contributed by atoms with van der Waals surface area (Å²) in [6, 6.07) is 1.22. The number of hydrogen-bond donors (Lipinski definition) is 2. The second kappa shape index (κ2) is 5.34. The zero-order chi connectivity index (χ0) is 13.1. The molecule has 0 radical (unpaired) electrons. The van der Waals surface area contributed by atoms with Crippen molar-refractivity contribution < 1.29 is 26.7 Å². The number of hydrogen-bond acceptors (Lipinski definition) is 4. The predicted octanol–water partition coefficient (Wildman–Crippen LogP) is 1.47. The average Bonchev–Trinajstić information content (AvgIpc) is 2.63. The van der Waals surface area contributed by atoms with Crippen LogP contribution in [0.3, 0.4) is 0 Å². The molecule has 4 nitrogen and oxygen atoms in total. The Kier molecular flexibility index (Phi) is 4.53. The molecule has 0 saturated heterocycles. The Balaban J connectivity index is 2.63. The number of aliphatic hydroxyl groups is 1. The van der Waals surface area contributed by atoms with E-state index in [9.17, 15) is 21.6 Å². The topological polar surface area (TPSA) is 66.4 Å². The van der Waals surface area contributed by atoms with Crippen LogP contribution in [0.1, 0.15) is 11.3 Å². The predicted molar refractivity (Wildman–Crippen MR) is 56.1 cm³/mol. The second-order valence-electron chi connectivity index (χ2n) is 3.17. The van der Waals surface area contributed by atoms with Gasteiger partial charge in [0.15, 0.2) is 0 Å². The highest BCUT2D eigenvalue weighted by Crippen LogP contribution is 2.21. The van der Waals surface area contributed by atoms with E-state index in [1.807, 2.05) is 4.72 Å². The molecule has 1 aromatic rings. The van der Waals surface area contributed by atoms with E-state index in [1.165, 1.54) is 11.4 Å². The number of thiophene rings is 1. The van der Waals surface area contributed by atoms with Crippen molar-refractivity contribution in [3.05, 3.63) is 16.3 Å². The molecule has 0 aliphatic heterocycles. The fraction of sp³-hybridized carbons (Fsp3) is 0.500. The smallest absolute Gasteiger partial charge is 0.390 e. The number of halogens is 3.